The molecule has 4 aromatic rings. The van der Waals surface area contributed by atoms with Crippen LogP contribution in [0.3, 0.4) is 0 Å². The van der Waals surface area contributed by atoms with Crippen LogP contribution in [0.15, 0.2) is 77.3 Å². The summed E-state index contributed by atoms with van der Waals surface area (Å²) in [6.07, 6.45) is 0. The summed E-state index contributed by atoms with van der Waals surface area (Å²) < 4.78 is 22.6. The van der Waals surface area contributed by atoms with E-state index in [1.165, 1.54) is 0 Å². The normalized spacial score (nSPS) is 10.6. The van der Waals surface area contributed by atoms with E-state index in [0.717, 1.165) is 17.0 Å². The number of anilines is 1. The average molecular weight is 459 g/mol. The number of carbonyl (C=O) groups excluding carboxylic acids is 1. The summed E-state index contributed by atoms with van der Waals surface area (Å²) in [5.74, 6) is 2.77. The van der Waals surface area contributed by atoms with Gasteiger partial charge in [-0.05, 0) is 69.3 Å². The lowest BCUT2D eigenvalue weighted by molar-refractivity contribution is 0.102. The van der Waals surface area contributed by atoms with Crippen molar-refractivity contribution in [3.05, 3.63) is 95.4 Å². The van der Waals surface area contributed by atoms with Crippen molar-refractivity contribution in [2.45, 2.75) is 27.4 Å². The number of ether oxygens (including phenoxy) is 3. The number of carbonyl (C=O) groups is 1. The predicted octanol–water partition coefficient (Wildman–Crippen LogP) is 6.31. The molecular weight excluding hydrogens is 432 g/mol. The zero-order valence-electron chi connectivity index (χ0n) is 19.3. The zero-order valence-corrected chi connectivity index (χ0v) is 19.3. The second-order valence-corrected chi connectivity index (χ2v) is 7.54. The number of nitrogens with zero attached hydrogens (tertiary/aromatic N) is 1. The molecule has 0 saturated heterocycles. The standard InChI is InChI=1S/C27H26N2O5/c1-4-31-20-13-15-21(16-14-20)33-26-12-8-6-10-24(26)28-27(30)22-9-5-7-11-25(22)32-17-23-18(2)29-34-19(23)3/h5-16H,4,17H2,1-3H3,(H,28,30). The van der Waals surface area contributed by atoms with Crippen molar-refractivity contribution in [3.8, 4) is 23.0 Å². The van der Waals surface area contributed by atoms with E-state index >= 15 is 0 Å². The van der Waals surface area contributed by atoms with Crippen LogP contribution in [-0.2, 0) is 6.61 Å². The van der Waals surface area contributed by atoms with Gasteiger partial charge in [0, 0.05) is 0 Å². The number of aromatic nitrogens is 1. The molecule has 4 rings (SSSR count). The molecule has 1 heterocycles. The Bertz CT molecular complexity index is 1240. The molecule has 0 spiro atoms. The maximum atomic E-state index is 13.2. The van der Waals surface area contributed by atoms with E-state index in [1.54, 1.807) is 30.3 Å². The van der Waals surface area contributed by atoms with Gasteiger partial charge in [-0.15, -0.1) is 0 Å². The SMILES string of the molecule is CCOc1ccc(Oc2ccccc2NC(=O)c2ccccc2OCc2c(C)noc2C)cc1. The first-order valence-corrected chi connectivity index (χ1v) is 11.0. The van der Waals surface area contributed by atoms with Gasteiger partial charge in [0.25, 0.3) is 5.91 Å². The van der Waals surface area contributed by atoms with Crippen molar-refractivity contribution in [1.29, 1.82) is 0 Å². The van der Waals surface area contributed by atoms with Crippen LogP contribution in [0.25, 0.3) is 0 Å². The number of nitrogens with one attached hydrogen (secondary N) is 1. The molecule has 0 fully saturated rings. The number of rotatable bonds is 9. The molecule has 0 aliphatic heterocycles. The van der Waals surface area contributed by atoms with E-state index < -0.39 is 0 Å². The summed E-state index contributed by atoms with van der Waals surface area (Å²) in [5, 5.41) is 6.88. The number of para-hydroxylation sites is 3. The largest absolute Gasteiger partial charge is 0.494 e. The number of benzene rings is 3. The maximum Gasteiger partial charge on any atom is 0.259 e. The van der Waals surface area contributed by atoms with E-state index in [-0.39, 0.29) is 12.5 Å². The third-order valence-corrected chi connectivity index (χ3v) is 5.18. The predicted molar refractivity (Wildman–Crippen MR) is 129 cm³/mol. The van der Waals surface area contributed by atoms with Crippen molar-refractivity contribution in [3.63, 3.8) is 0 Å². The molecule has 0 saturated carbocycles. The van der Waals surface area contributed by atoms with Crippen LogP contribution in [0, 0.1) is 13.8 Å². The minimum absolute atomic E-state index is 0.253. The molecule has 0 bridgehead atoms. The Labute approximate surface area is 198 Å². The van der Waals surface area contributed by atoms with Crippen molar-refractivity contribution < 1.29 is 23.5 Å². The molecule has 34 heavy (non-hydrogen) atoms. The summed E-state index contributed by atoms with van der Waals surface area (Å²) in [5.41, 5.74) is 2.58. The molecule has 0 radical (unpaired) electrons. The fourth-order valence-electron chi connectivity index (χ4n) is 3.38. The first-order chi connectivity index (χ1) is 16.5. The molecule has 0 unspecified atom stereocenters. The van der Waals surface area contributed by atoms with Gasteiger partial charge in [-0.2, -0.15) is 0 Å². The second kappa shape index (κ2) is 10.6. The Kier molecular flexibility index (Phi) is 7.13. The fraction of sp³-hybridized carbons (Fsp3) is 0.185. The zero-order chi connectivity index (χ0) is 23.9. The summed E-state index contributed by atoms with van der Waals surface area (Å²) >= 11 is 0. The van der Waals surface area contributed by atoms with Crippen molar-refractivity contribution in [2.75, 3.05) is 11.9 Å². The highest BCUT2D eigenvalue weighted by Crippen LogP contribution is 2.31. The first-order valence-electron chi connectivity index (χ1n) is 11.0. The molecule has 174 valence electrons. The van der Waals surface area contributed by atoms with Gasteiger partial charge in [-0.25, -0.2) is 0 Å². The number of hydrogen-bond donors (Lipinski definition) is 1. The van der Waals surface area contributed by atoms with Crippen LogP contribution in [0.1, 0.15) is 34.3 Å². The molecule has 3 aromatic carbocycles. The van der Waals surface area contributed by atoms with E-state index in [9.17, 15) is 4.79 Å². The van der Waals surface area contributed by atoms with Gasteiger partial charge < -0.3 is 24.1 Å². The summed E-state index contributed by atoms with van der Waals surface area (Å²) in [6.45, 7) is 6.47. The lowest BCUT2D eigenvalue weighted by Crippen LogP contribution is -2.14. The smallest absolute Gasteiger partial charge is 0.259 e. The van der Waals surface area contributed by atoms with Crippen LogP contribution >= 0.6 is 0 Å². The summed E-state index contributed by atoms with van der Waals surface area (Å²) in [7, 11) is 0. The van der Waals surface area contributed by atoms with Crippen molar-refractivity contribution in [1.82, 2.24) is 5.16 Å². The third-order valence-electron chi connectivity index (χ3n) is 5.18. The van der Waals surface area contributed by atoms with Gasteiger partial charge in [-0.3, -0.25) is 4.79 Å². The molecule has 7 nitrogen and oxygen atoms in total. The lowest BCUT2D eigenvalue weighted by atomic mass is 10.1. The van der Waals surface area contributed by atoms with Gasteiger partial charge in [0.15, 0.2) is 5.75 Å². The number of hydrogen-bond acceptors (Lipinski definition) is 6. The van der Waals surface area contributed by atoms with E-state index in [2.05, 4.69) is 10.5 Å². The molecule has 0 aliphatic rings. The quantitative estimate of drug-likeness (QED) is 0.316. The number of amides is 1. The van der Waals surface area contributed by atoms with Crippen LogP contribution in [0.4, 0.5) is 5.69 Å². The van der Waals surface area contributed by atoms with E-state index in [4.69, 9.17) is 18.7 Å². The Morgan fingerprint density at radius 3 is 2.26 bits per heavy atom. The van der Waals surface area contributed by atoms with E-state index in [0.29, 0.717) is 40.9 Å². The lowest BCUT2D eigenvalue weighted by Gasteiger charge is -2.14. The Morgan fingerprint density at radius 2 is 1.56 bits per heavy atom. The van der Waals surface area contributed by atoms with Gasteiger partial charge in [-0.1, -0.05) is 29.4 Å². The van der Waals surface area contributed by atoms with Gasteiger partial charge in [0.2, 0.25) is 0 Å². The molecule has 0 aliphatic carbocycles. The molecule has 1 amide bonds. The van der Waals surface area contributed by atoms with Crippen LogP contribution in [0.5, 0.6) is 23.0 Å². The molecule has 1 aromatic heterocycles. The summed E-state index contributed by atoms with van der Waals surface area (Å²) in [4.78, 5) is 13.2. The van der Waals surface area contributed by atoms with Gasteiger partial charge in [0.05, 0.1) is 29.1 Å². The van der Waals surface area contributed by atoms with Crippen LogP contribution in [-0.4, -0.2) is 17.7 Å². The highest BCUT2D eigenvalue weighted by molar-refractivity contribution is 6.06. The average Bonchev–Trinajstić information content (AvgIpc) is 3.17. The Morgan fingerprint density at radius 1 is 0.882 bits per heavy atom. The van der Waals surface area contributed by atoms with Crippen LogP contribution in [0.2, 0.25) is 0 Å². The van der Waals surface area contributed by atoms with Gasteiger partial charge >= 0.3 is 0 Å². The number of aryl methyl sites for hydroxylation is 2. The highest BCUT2D eigenvalue weighted by atomic mass is 16.5. The first kappa shape index (κ1) is 22.9. The third kappa shape index (κ3) is 5.38. The van der Waals surface area contributed by atoms with Crippen LogP contribution < -0.4 is 19.5 Å². The Hall–Kier alpha value is -4.26. The van der Waals surface area contributed by atoms with Gasteiger partial charge in [0.1, 0.15) is 29.6 Å². The second-order valence-electron chi connectivity index (χ2n) is 7.54. The van der Waals surface area contributed by atoms with Crippen molar-refractivity contribution >= 4 is 11.6 Å². The maximum absolute atomic E-state index is 13.2. The van der Waals surface area contributed by atoms with Crippen molar-refractivity contribution in [2.24, 2.45) is 0 Å². The summed E-state index contributed by atoms with van der Waals surface area (Å²) in [6, 6.07) is 21.7. The topological polar surface area (TPSA) is 82.8 Å². The fourth-order valence-corrected chi connectivity index (χ4v) is 3.38. The molecular formula is C27H26N2O5. The monoisotopic (exact) mass is 458 g/mol. The van der Waals surface area contributed by atoms with E-state index in [1.807, 2.05) is 63.2 Å². The highest BCUT2D eigenvalue weighted by Gasteiger charge is 2.16. The molecule has 1 N–H and O–H groups in total. The minimum atomic E-state index is -0.308. The minimum Gasteiger partial charge on any atom is -0.494 e. The Balaban J connectivity index is 1.49. The molecule has 7 heteroatoms. The molecule has 0 atom stereocenters.